The van der Waals surface area contributed by atoms with Gasteiger partial charge in [-0.05, 0) is 65.6 Å². The van der Waals surface area contributed by atoms with Crippen molar-refractivity contribution in [2.45, 2.75) is 31.1 Å². The molecule has 36 heavy (non-hydrogen) atoms. The van der Waals surface area contributed by atoms with E-state index >= 15 is 0 Å². The summed E-state index contributed by atoms with van der Waals surface area (Å²) in [5.74, 6) is 0.313. The quantitative estimate of drug-likeness (QED) is 0.281. The molecule has 7 nitrogen and oxygen atoms in total. The highest BCUT2D eigenvalue weighted by atomic mass is 79.9. The van der Waals surface area contributed by atoms with Crippen LogP contribution in [-0.4, -0.2) is 17.8 Å². The van der Waals surface area contributed by atoms with Gasteiger partial charge in [0.05, 0.1) is 4.90 Å². The van der Waals surface area contributed by atoms with E-state index in [0.717, 1.165) is 11.6 Å². The van der Waals surface area contributed by atoms with Crippen LogP contribution in [0.2, 0.25) is 0 Å². The molecule has 0 aliphatic rings. The zero-order chi connectivity index (χ0) is 26.1. The Morgan fingerprint density at radius 2 is 1.72 bits per heavy atom. The van der Waals surface area contributed by atoms with E-state index in [1.807, 2.05) is 12.1 Å². The number of hydrogen-bond acceptors (Lipinski definition) is 6. The lowest BCUT2D eigenvalue weighted by Crippen LogP contribution is -2.19. The summed E-state index contributed by atoms with van der Waals surface area (Å²) in [6.45, 7) is 6.27. The maximum Gasteiger partial charge on any atom is 0.269 e. The maximum absolute atomic E-state index is 13.4. The standard InChI is InChI=1S/C27H22BrN3O4S/c1-27(2,3)18-7-11-20(12-8-18)35-25-23(26(32)31-15-5-4-6-24(31)30-25)16-22(17-29)36(33,34)21-13-9-19(28)10-14-21/h4-16H,1-3H3. The molecule has 0 fully saturated rings. The van der Waals surface area contributed by atoms with E-state index in [-0.39, 0.29) is 21.8 Å². The molecule has 0 aliphatic carbocycles. The molecule has 0 saturated heterocycles. The third-order valence-electron chi connectivity index (χ3n) is 5.47. The maximum atomic E-state index is 13.4. The fourth-order valence-electron chi connectivity index (χ4n) is 3.46. The van der Waals surface area contributed by atoms with Gasteiger partial charge in [-0.15, -0.1) is 0 Å². The molecule has 2 heterocycles. The first-order chi connectivity index (χ1) is 17.0. The van der Waals surface area contributed by atoms with E-state index in [1.54, 1.807) is 48.5 Å². The molecule has 2 aromatic carbocycles. The summed E-state index contributed by atoms with van der Waals surface area (Å²) in [5, 5.41) is 9.75. The minimum absolute atomic E-state index is 0.0600. The second-order valence-electron chi connectivity index (χ2n) is 9.02. The number of rotatable bonds is 5. The van der Waals surface area contributed by atoms with Crippen molar-refractivity contribution in [3.63, 3.8) is 0 Å². The monoisotopic (exact) mass is 563 g/mol. The van der Waals surface area contributed by atoms with Crippen molar-refractivity contribution >= 4 is 37.5 Å². The van der Waals surface area contributed by atoms with E-state index in [1.165, 1.54) is 22.7 Å². The molecule has 0 saturated carbocycles. The zero-order valence-corrected chi connectivity index (χ0v) is 22.2. The summed E-state index contributed by atoms with van der Waals surface area (Å²) < 4.78 is 34.3. The number of ether oxygens (including phenoxy) is 1. The van der Waals surface area contributed by atoms with E-state index < -0.39 is 20.3 Å². The molecule has 182 valence electrons. The van der Waals surface area contributed by atoms with Crippen molar-refractivity contribution < 1.29 is 13.2 Å². The molecular formula is C27H22BrN3O4S. The molecule has 0 amide bonds. The van der Waals surface area contributed by atoms with Gasteiger partial charge in [-0.1, -0.05) is 54.9 Å². The fourth-order valence-corrected chi connectivity index (χ4v) is 4.87. The van der Waals surface area contributed by atoms with E-state index in [4.69, 9.17) is 4.74 Å². The topological polar surface area (TPSA) is 102 Å². The van der Waals surface area contributed by atoms with E-state index in [0.29, 0.717) is 15.9 Å². The minimum Gasteiger partial charge on any atom is -0.438 e. The van der Waals surface area contributed by atoms with Gasteiger partial charge in [0, 0.05) is 10.7 Å². The molecule has 4 rings (SSSR count). The number of sulfone groups is 1. The summed E-state index contributed by atoms with van der Waals surface area (Å²) in [7, 11) is -4.20. The van der Waals surface area contributed by atoms with Gasteiger partial charge in [0.1, 0.15) is 27.9 Å². The molecule has 4 aromatic rings. The molecular weight excluding hydrogens is 542 g/mol. The van der Waals surface area contributed by atoms with Gasteiger partial charge in [-0.2, -0.15) is 10.2 Å². The molecule has 0 unspecified atom stereocenters. The Hall–Kier alpha value is -3.74. The molecule has 0 N–H and O–H groups in total. The SMILES string of the molecule is CC(C)(C)c1ccc(Oc2nc3ccccn3c(=O)c2C=C(C#N)S(=O)(=O)c2ccc(Br)cc2)cc1. The van der Waals surface area contributed by atoms with Gasteiger partial charge in [-0.3, -0.25) is 9.20 Å². The first-order valence-electron chi connectivity index (χ1n) is 10.9. The van der Waals surface area contributed by atoms with Crippen LogP contribution in [0.5, 0.6) is 11.6 Å². The Kier molecular flexibility index (Phi) is 6.85. The Morgan fingerprint density at radius 1 is 1.06 bits per heavy atom. The van der Waals surface area contributed by atoms with Crippen molar-refractivity contribution in [2.75, 3.05) is 0 Å². The Labute approximate surface area is 217 Å². The molecule has 0 atom stereocenters. The summed E-state index contributed by atoms with van der Waals surface area (Å²) in [5.41, 5.74) is 0.621. The van der Waals surface area contributed by atoms with Gasteiger partial charge in [0.25, 0.3) is 5.56 Å². The largest absolute Gasteiger partial charge is 0.438 e. The smallest absolute Gasteiger partial charge is 0.269 e. The first kappa shape index (κ1) is 25.4. The number of halogens is 1. The number of allylic oxidation sites excluding steroid dienone is 1. The number of aromatic nitrogens is 2. The molecule has 0 radical (unpaired) electrons. The number of nitrogens with zero attached hydrogens (tertiary/aromatic N) is 3. The average molecular weight is 564 g/mol. The van der Waals surface area contributed by atoms with Crippen LogP contribution in [-0.2, 0) is 15.3 Å². The zero-order valence-electron chi connectivity index (χ0n) is 19.8. The summed E-state index contributed by atoms with van der Waals surface area (Å²) in [6, 6.07) is 19.9. The third-order valence-corrected chi connectivity index (χ3v) is 7.68. The summed E-state index contributed by atoms with van der Waals surface area (Å²) >= 11 is 3.27. The molecule has 2 aromatic heterocycles. The average Bonchev–Trinajstić information content (AvgIpc) is 2.84. The molecule has 9 heteroatoms. The highest BCUT2D eigenvalue weighted by Crippen LogP contribution is 2.29. The third kappa shape index (κ3) is 5.10. The van der Waals surface area contributed by atoms with Gasteiger partial charge < -0.3 is 4.74 Å². The number of hydrogen-bond donors (Lipinski definition) is 0. The normalized spacial score (nSPS) is 12.4. The highest BCUT2D eigenvalue weighted by Gasteiger charge is 2.24. The molecule has 0 aliphatic heterocycles. The van der Waals surface area contributed by atoms with Gasteiger partial charge in [0.15, 0.2) is 0 Å². The predicted molar refractivity (Wildman–Crippen MR) is 142 cm³/mol. The van der Waals surface area contributed by atoms with Gasteiger partial charge in [0.2, 0.25) is 15.7 Å². The lowest BCUT2D eigenvalue weighted by atomic mass is 9.87. The van der Waals surface area contributed by atoms with E-state index in [9.17, 15) is 18.5 Å². The lowest BCUT2D eigenvalue weighted by Gasteiger charge is -2.19. The van der Waals surface area contributed by atoms with Crippen LogP contribution >= 0.6 is 15.9 Å². The number of fused-ring (bicyclic) bond motifs is 1. The van der Waals surface area contributed by atoms with Crippen LogP contribution in [0.3, 0.4) is 0 Å². The Morgan fingerprint density at radius 3 is 2.33 bits per heavy atom. The minimum atomic E-state index is -4.20. The summed E-state index contributed by atoms with van der Waals surface area (Å²) in [6.07, 6.45) is 2.53. The Bertz CT molecular complexity index is 1680. The van der Waals surface area contributed by atoms with Crippen LogP contribution < -0.4 is 10.3 Å². The molecule has 0 bridgehead atoms. The first-order valence-corrected chi connectivity index (χ1v) is 13.2. The van der Waals surface area contributed by atoms with Crippen molar-refractivity contribution in [1.29, 1.82) is 5.26 Å². The van der Waals surface area contributed by atoms with Crippen molar-refractivity contribution in [2.24, 2.45) is 0 Å². The van der Waals surface area contributed by atoms with Crippen molar-refractivity contribution in [1.82, 2.24) is 9.38 Å². The van der Waals surface area contributed by atoms with Crippen LogP contribution in [0.1, 0.15) is 31.9 Å². The van der Waals surface area contributed by atoms with Crippen LogP contribution in [0.25, 0.3) is 11.7 Å². The van der Waals surface area contributed by atoms with Gasteiger partial charge >= 0.3 is 0 Å². The van der Waals surface area contributed by atoms with Crippen LogP contribution in [0.4, 0.5) is 0 Å². The summed E-state index contributed by atoms with van der Waals surface area (Å²) in [4.78, 5) is 17.1. The second-order valence-corrected chi connectivity index (χ2v) is 11.9. The molecule has 0 spiro atoms. The second kappa shape index (κ2) is 9.72. The van der Waals surface area contributed by atoms with Crippen molar-refractivity contribution in [3.05, 3.63) is 104 Å². The Balaban J connectivity index is 1.88. The van der Waals surface area contributed by atoms with Crippen LogP contribution in [0.15, 0.2) is 92.0 Å². The highest BCUT2D eigenvalue weighted by molar-refractivity contribution is 9.10. The predicted octanol–water partition coefficient (Wildman–Crippen LogP) is 5.89. The van der Waals surface area contributed by atoms with E-state index in [2.05, 4.69) is 41.7 Å². The van der Waals surface area contributed by atoms with Gasteiger partial charge in [-0.25, -0.2) is 8.42 Å². The number of pyridine rings is 1. The number of nitriles is 1. The fraction of sp³-hybridized carbons (Fsp3) is 0.148. The van der Waals surface area contributed by atoms with Crippen molar-refractivity contribution in [3.8, 4) is 17.7 Å². The number of benzene rings is 2. The van der Waals surface area contributed by atoms with Crippen LogP contribution in [0, 0.1) is 11.3 Å². The lowest BCUT2D eigenvalue weighted by molar-refractivity contribution is 0.460.